The first kappa shape index (κ1) is 19.6. The quantitative estimate of drug-likeness (QED) is 0.608. The highest BCUT2D eigenvalue weighted by Crippen LogP contribution is 2.28. The van der Waals surface area contributed by atoms with E-state index < -0.39 is 23.8 Å². The van der Waals surface area contributed by atoms with Crippen LogP contribution in [0.4, 0.5) is 23.5 Å². The molecule has 0 atom stereocenters. The van der Waals surface area contributed by atoms with Crippen molar-refractivity contribution in [3.05, 3.63) is 71.3 Å². The summed E-state index contributed by atoms with van der Waals surface area (Å²) in [5.41, 5.74) is 0.440. The molecular formula is C18H10ClF4N3O2. The second-order valence-electron chi connectivity index (χ2n) is 5.45. The summed E-state index contributed by atoms with van der Waals surface area (Å²) in [7, 11) is 0. The third kappa shape index (κ3) is 4.95. The Morgan fingerprint density at radius 2 is 1.68 bits per heavy atom. The van der Waals surface area contributed by atoms with Crippen LogP contribution >= 0.6 is 11.6 Å². The van der Waals surface area contributed by atoms with E-state index in [2.05, 4.69) is 20.0 Å². The van der Waals surface area contributed by atoms with Crippen LogP contribution in [0.3, 0.4) is 0 Å². The predicted octanol–water partition coefficient (Wildman–Crippen LogP) is 5.09. The van der Waals surface area contributed by atoms with Gasteiger partial charge in [0.2, 0.25) is 5.95 Å². The number of rotatable bonds is 4. The molecule has 0 fully saturated rings. The Balaban J connectivity index is 1.76. The van der Waals surface area contributed by atoms with E-state index in [1.54, 1.807) is 0 Å². The van der Waals surface area contributed by atoms with E-state index in [0.717, 1.165) is 18.2 Å². The van der Waals surface area contributed by atoms with Gasteiger partial charge in [-0.1, -0.05) is 29.8 Å². The Labute approximate surface area is 161 Å². The fraction of sp³-hybridized carbons (Fsp3) is 0.0556. The molecule has 1 aromatic heterocycles. The monoisotopic (exact) mass is 411 g/mol. The Bertz CT molecular complexity index is 993. The van der Waals surface area contributed by atoms with Crippen molar-refractivity contribution < 1.29 is 27.1 Å². The van der Waals surface area contributed by atoms with Gasteiger partial charge in [-0.25, -0.2) is 14.4 Å². The minimum atomic E-state index is -4.81. The summed E-state index contributed by atoms with van der Waals surface area (Å²) >= 11 is 5.65. The summed E-state index contributed by atoms with van der Waals surface area (Å²) in [6, 6.07) is 8.40. The van der Waals surface area contributed by atoms with Crippen molar-refractivity contribution in [2.75, 3.05) is 5.32 Å². The fourth-order valence-electron chi connectivity index (χ4n) is 2.28. The highest BCUT2D eigenvalue weighted by atomic mass is 35.5. The average molecular weight is 412 g/mol. The van der Waals surface area contributed by atoms with Crippen LogP contribution < -0.4 is 10.1 Å². The second kappa shape index (κ2) is 7.81. The van der Waals surface area contributed by atoms with Crippen LogP contribution in [-0.4, -0.2) is 22.2 Å². The number of carbonyl (C=O) groups is 1. The molecule has 0 aliphatic carbocycles. The number of hydrogen-bond acceptors (Lipinski definition) is 4. The first-order valence-electron chi connectivity index (χ1n) is 7.66. The van der Waals surface area contributed by atoms with Gasteiger partial charge >= 0.3 is 6.36 Å². The molecule has 3 rings (SSSR count). The van der Waals surface area contributed by atoms with Crippen LogP contribution in [0.1, 0.15) is 10.4 Å². The van der Waals surface area contributed by atoms with Crippen LogP contribution in [0.15, 0.2) is 54.9 Å². The van der Waals surface area contributed by atoms with Gasteiger partial charge in [-0.15, -0.1) is 13.2 Å². The number of nitrogens with one attached hydrogen (secondary N) is 1. The molecular weight excluding hydrogens is 402 g/mol. The summed E-state index contributed by atoms with van der Waals surface area (Å²) in [5, 5.41) is 2.68. The zero-order valence-electron chi connectivity index (χ0n) is 13.8. The lowest BCUT2D eigenvalue weighted by atomic mass is 10.0. The zero-order chi connectivity index (χ0) is 20.3. The molecule has 0 aliphatic rings. The van der Waals surface area contributed by atoms with Gasteiger partial charge in [0.15, 0.2) is 0 Å². The van der Waals surface area contributed by atoms with E-state index in [1.165, 1.54) is 36.7 Å². The summed E-state index contributed by atoms with van der Waals surface area (Å²) in [6.07, 6.45) is -2.23. The summed E-state index contributed by atoms with van der Waals surface area (Å²) < 4.78 is 54.8. The Morgan fingerprint density at radius 3 is 2.25 bits per heavy atom. The number of alkyl halides is 3. The molecule has 0 bridgehead atoms. The molecule has 0 radical (unpaired) electrons. The number of nitrogens with zero attached hydrogens (tertiary/aromatic N) is 2. The molecule has 1 heterocycles. The smallest absolute Gasteiger partial charge is 0.406 e. The van der Waals surface area contributed by atoms with Gasteiger partial charge < -0.3 is 4.74 Å². The van der Waals surface area contributed by atoms with E-state index in [0.29, 0.717) is 10.6 Å². The van der Waals surface area contributed by atoms with Crippen molar-refractivity contribution in [3.8, 4) is 16.9 Å². The number of benzene rings is 2. The van der Waals surface area contributed by atoms with Gasteiger partial charge in [-0.2, -0.15) is 0 Å². The van der Waals surface area contributed by atoms with E-state index in [1.807, 2.05) is 0 Å². The van der Waals surface area contributed by atoms with E-state index >= 15 is 0 Å². The van der Waals surface area contributed by atoms with Crippen molar-refractivity contribution in [2.24, 2.45) is 0 Å². The third-order valence-corrected chi connectivity index (χ3v) is 3.67. The molecule has 0 saturated carbocycles. The molecule has 1 amide bonds. The topological polar surface area (TPSA) is 64.1 Å². The van der Waals surface area contributed by atoms with E-state index in [-0.39, 0.29) is 17.1 Å². The van der Waals surface area contributed by atoms with Crippen molar-refractivity contribution in [3.63, 3.8) is 0 Å². The maximum atomic E-state index is 14.4. The predicted molar refractivity (Wildman–Crippen MR) is 93.5 cm³/mol. The summed E-state index contributed by atoms with van der Waals surface area (Å²) in [6.45, 7) is 0. The van der Waals surface area contributed by atoms with Crippen LogP contribution in [0.25, 0.3) is 11.1 Å². The normalized spacial score (nSPS) is 11.2. The molecule has 3 aromatic rings. The highest BCUT2D eigenvalue weighted by Gasteiger charge is 2.31. The van der Waals surface area contributed by atoms with Crippen molar-refractivity contribution >= 4 is 23.5 Å². The molecule has 28 heavy (non-hydrogen) atoms. The highest BCUT2D eigenvalue weighted by molar-refractivity contribution is 6.30. The fourth-order valence-corrected chi connectivity index (χ4v) is 2.37. The number of aromatic nitrogens is 2. The average Bonchev–Trinajstić information content (AvgIpc) is 2.63. The summed E-state index contributed by atoms with van der Waals surface area (Å²) in [4.78, 5) is 19.8. The Kier molecular flexibility index (Phi) is 5.46. The Morgan fingerprint density at radius 1 is 1.04 bits per heavy atom. The summed E-state index contributed by atoms with van der Waals surface area (Å²) in [5.74, 6) is -1.79. The van der Waals surface area contributed by atoms with Gasteiger partial charge in [-0.3, -0.25) is 10.1 Å². The van der Waals surface area contributed by atoms with Crippen molar-refractivity contribution in [1.29, 1.82) is 0 Å². The molecule has 2 aromatic carbocycles. The van der Waals surface area contributed by atoms with Gasteiger partial charge in [0.05, 0.1) is 17.4 Å². The van der Waals surface area contributed by atoms with Gasteiger partial charge in [0, 0.05) is 11.1 Å². The minimum Gasteiger partial charge on any atom is -0.406 e. The van der Waals surface area contributed by atoms with Gasteiger partial charge in [0.25, 0.3) is 5.91 Å². The first-order chi connectivity index (χ1) is 13.2. The van der Waals surface area contributed by atoms with Crippen LogP contribution in [0, 0.1) is 5.82 Å². The number of anilines is 1. The lowest BCUT2D eigenvalue weighted by Crippen LogP contribution is -2.16. The molecule has 0 saturated heterocycles. The van der Waals surface area contributed by atoms with E-state index in [9.17, 15) is 22.4 Å². The molecule has 1 N–H and O–H groups in total. The number of amides is 1. The molecule has 10 heteroatoms. The lowest BCUT2D eigenvalue weighted by Gasteiger charge is -2.10. The number of hydrogen-bond donors (Lipinski definition) is 1. The molecule has 0 unspecified atom stereocenters. The minimum absolute atomic E-state index is 0.000798. The SMILES string of the molecule is O=C(Nc1ncc(Cl)cn1)c1ccc(-c2ccc(OC(F)(F)F)cc2)c(F)c1. The zero-order valence-corrected chi connectivity index (χ0v) is 14.6. The Hall–Kier alpha value is -3.20. The molecule has 5 nitrogen and oxygen atoms in total. The number of carbonyl (C=O) groups excluding carboxylic acids is 1. The van der Waals surface area contributed by atoms with Crippen LogP contribution in [0.5, 0.6) is 5.75 Å². The number of halogens is 5. The van der Waals surface area contributed by atoms with E-state index in [4.69, 9.17) is 11.6 Å². The lowest BCUT2D eigenvalue weighted by molar-refractivity contribution is -0.274. The maximum Gasteiger partial charge on any atom is 0.573 e. The second-order valence-corrected chi connectivity index (χ2v) is 5.88. The molecule has 0 spiro atoms. The first-order valence-corrected chi connectivity index (χ1v) is 8.04. The van der Waals surface area contributed by atoms with Gasteiger partial charge in [0.1, 0.15) is 11.6 Å². The maximum absolute atomic E-state index is 14.4. The standard InChI is InChI=1S/C18H10ClF4N3O2/c19-12-8-24-17(25-9-12)26-16(27)11-3-6-14(15(20)7-11)10-1-4-13(5-2-10)28-18(21,22)23/h1-9H,(H,24,25,26,27). The van der Waals surface area contributed by atoms with Crippen LogP contribution in [0.2, 0.25) is 5.02 Å². The molecule has 0 aliphatic heterocycles. The van der Waals surface area contributed by atoms with Crippen LogP contribution in [-0.2, 0) is 0 Å². The third-order valence-electron chi connectivity index (χ3n) is 3.48. The van der Waals surface area contributed by atoms with Crippen molar-refractivity contribution in [1.82, 2.24) is 9.97 Å². The van der Waals surface area contributed by atoms with Crippen molar-refractivity contribution in [2.45, 2.75) is 6.36 Å². The molecule has 144 valence electrons. The largest absolute Gasteiger partial charge is 0.573 e. The number of ether oxygens (including phenoxy) is 1. The van der Waals surface area contributed by atoms with Gasteiger partial charge in [-0.05, 0) is 29.8 Å².